The first-order chi connectivity index (χ1) is 18.4. The molecule has 39 heavy (non-hydrogen) atoms. The number of ether oxygens (including phenoxy) is 3. The van der Waals surface area contributed by atoms with Gasteiger partial charge in [0.05, 0.1) is 12.7 Å². The summed E-state index contributed by atoms with van der Waals surface area (Å²) >= 11 is 0. The minimum absolute atomic E-state index is 0.00653. The second kappa shape index (κ2) is 11.2. The molecule has 0 aliphatic heterocycles. The number of allylic oxidation sites excluding steroid dienone is 4. The summed E-state index contributed by atoms with van der Waals surface area (Å²) in [6.07, 6.45) is 8.22. The third kappa shape index (κ3) is 5.09. The summed E-state index contributed by atoms with van der Waals surface area (Å²) in [6.45, 7) is 9.43. The van der Waals surface area contributed by atoms with Crippen molar-refractivity contribution in [2.45, 2.75) is 97.7 Å². The fraction of sp³-hybridized carbons (Fsp3) is 0.742. The number of aliphatic hydroxyl groups is 1. The Bertz CT molecular complexity index is 1060. The van der Waals surface area contributed by atoms with Crippen LogP contribution in [0.15, 0.2) is 23.8 Å². The summed E-state index contributed by atoms with van der Waals surface area (Å²) in [5.41, 5.74) is -1.84. The van der Waals surface area contributed by atoms with Crippen LogP contribution in [0.25, 0.3) is 0 Å². The monoisotopic (exact) mass is 544 g/mol. The Morgan fingerprint density at radius 1 is 1.15 bits per heavy atom. The van der Waals surface area contributed by atoms with Gasteiger partial charge >= 0.3 is 12.1 Å². The molecular weight excluding hydrogens is 500 g/mol. The predicted molar refractivity (Wildman–Crippen MR) is 143 cm³/mol. The number of carbonyl (C=O) groups is 4. The maximum absolute atomic E-state index is 13.9. The maximum Gasteiger partial charge on any atom is 0.509 e. The molecule has 0 heterocycles. The number of hydrogen-bond donors (Lipinski definition) is 1. The highest BCUT2D eigenvalue weighted by molar-refractivity contribution is 6.01. The third-order valence-corrected chi connectivity index (χ3v) is 10.2. The molecule has 0 spiro atoms. The molecule has 4 aliphatic carbocycles. The van der Waals surface area contributed by atoms with Gasteiger partial charge in [-0.05, 0) is 68.4 Å². The zero-order valence-corrected chi connectivity index (χ0v) is 24.0. The highest BCUT2D eigenvalue weighted by Gasteiger charge is 2.70. The molecule has 216 valence electrons. The van der Waals surface area contributed by atoms with E-state index >= 15 is 0 Å². The molecule has 8 heteroatoms. The van der Waals surface area contributed by atoms with E-state index in [1.165, 1.54) is 0 Å². The Labute approximate surface area is 231 Å². The molecule has 0 radical (unpaired) electrons. The van der Waals surface area contributed by atoms with Crippen LogP contribution in [0, 0.1) is 34.5 Å². The molecule has 0 amide bonds. The second-order valence-corrected chi connectivity index (χ2v) is 12.6. The quantitative estimate of drug-likeness (QED) is 0.398. The lowest BCUT2D eigenvalue weighted by Crippen LogP contribution is -2.63. The van der Waals surface area contributed by atoms with Gasteiger partial charge in [-0.25, -0.2) is 4.79 Å². The molecule has 2 unspecified atom stereocenters. The second-order valence-electron chi connectivity index (χ2n) is 12.6. The topological polar surface area (TPSA) is 116 Å². The Morgan fingerprint density at radius 2 is 1.90 bits per heavy atom. The number of ketones is 2. The van der Waals surface area contributed by atoms with Crippen LogP contribution in [0.5, 0.6) is 0 Å². The standard InChI is InChI=1S/C31H44O8/c1-6-8-19(3)17-38-28(36)39-31(25(34)18-37-26(35)7-2)14-12-23-22-10-9-20-15-21(32)11-13-29(20,4)27(22)24(33)16-30(23,31)5/h11,13,15,19,22-24,27,33H,6-10,12,14,16-18H2,1-5H3/t19?,22-,23-,24?,27+,29-,30-,31-/m0/s1. The van der Waals surface area contributed by atoms with Crippen molar-refractivity contribution >= 4 is 23.7 Å². The predicted octanol–water partition coefficient (Wildman–Crippen LogP) is 5.12. The average molecular weight is 545 g/mol. The fourth-order valence-corrected chi connectivity index (χ4v) is 8.32. The van der Waals surface area contributed by atoms with Gasteiger partial charge in [0.25, 0.3) is 0 Å². The van der Waals surface area contributed by atoms with E-state index in [2.05, 4.69) is 13.8 Å². The summed E-state index contributed by atoms with van der Waals surface area (Å²) < 4.78 is 16.7. The number of carbonyl (C=O) groups excluding carboxylic acids is 4. The molecule has 1 N–H and O–H groups in total. The van der Waals surface area contributed by atoms with Gasteiger partial charge < -0.3 is 19.3 Å². The molecule has 4 aliphatic rings. The van der Waals surface area contributed by atoms with Crippen molar-refractivity contribution in [1.82, 2.24) is 0 Å². The summed E-state index contributed by atoms with van der Waals surface area (Å²) in [4.78, 5) is 50.9. The van der Waals surface area contributed by atoms with Crippen LogP contribution in [0.4, 0.5) is 4.79 Å². The van der Waals surface area contributed by atoms with Crippen molar-refractivity contribution in [1.29, 1.82) is 0 Å². The van der Waals surface area contributed by atoms with Crippen LogP contribution in [0.1, 0.15) is 86.0 Å². The summed E-state index contributed by atoms with van der Waals surface area (Å²) in [6, 6.07) is 0. The van der Waals surface area contributed by atoms with Crippen LogP contribution in [-0.2, 0) is 28.6 Å². The molecule has 4 rings (SSSR count). The molecular formula is C31H44O8. The smallest absolute Gasteiger partial charge is 0.457 e. The lowest BCUT2D eigenvalue weighted by molar-refractivity contribution is -0.186. The van der Waals surface area contributed by atoms with Gasteiger partial charge in [0.2, 0.25) is 5.78 Å². The first kappa shape index (κ1) is 29.5. The molecule has 0 saturated heterocycles. The lowest BCUT2D eigenvalue weighted by Gasteiger charge is -2.59. The molecule has 8 atom stereocenters. The van der Waals surface area contributed by atoms with Crippen molar-refractivity contribution in [2.75, 3.05) is 13.2 Å². The van der Waals surface area contributed by atoms with E-state index in [1.807, 2.05) is 19.9 Å². The largest absolute Gasteiger partial charge is 0.509 e. The van der Waals surface area contributed by atoms with Crippen LogP contribution in [-0.4, -0.2) is 53.7 Å². The molecule has 0 bridgehead atoms. The minimum atomic E-state index is -1.57. The van der Waals surface area contributed by atoms with Crippen LogP contribution >= 0.6 is 0 Å². The zero-order chi connectivity index (χ0) is 28.6. The van der Waals surface area contributed by atoms with E-state index in [1.54, 1.807) is 19.1 Å². The normalized spacial score (nSPS) is 37.6. The minimum Gasteiger partial charge on any atom is -0.457 e. The van der Waals surface area contributed by atoms with Gasteiger partial charge in [0.15, 0.2) is 18.0 Å². The van der Waals surface area contributed by atoms with Crippen LogP contribution in [0.2, 0.25) is 0 Å². The first-order valence-electron chi connectivity index (χ1n) is 14.6. The van der Waals surface area contributed by atoms with E-state index in [0.29, 0.717) is 6.42 Å². The van der Waals surface area contributed by atoms with E-state index in [4.69, 9.17) is 14.2 Å². The Morgan fingerprint density at radius 3 is 2.59 bits per heavy atom. The Balaban J connectivity index is 1.65. The summed E-state index contributed by atoms with van der Waals surface area (Å²) in [5, 5.41) is 11.7. The molecule has 3 fully saturated rings. The van der Waals surface area contributed by atoms with Gasteiger partial charge in [0, 0.05) is 23.2 Å². The van der Waals surface area contributed by atoms with E-state index < -0.39 is 47.0 Å². The molecule has 8 nitrogen and oxygen atoms in total. The number of hydrogen-bond acceptors (Lipinski definition) is 8. The van der Waals surface area contributed by atoms with Gasteiger partial charge in [0.1, 0.15) is 0 Å². The average Bonchev–Trinajstić information content (AvgIpc) is 3.18. The summed E-state index contributed by atoms with van der Waals surface area (Å²) in [5.74, 6) is -0.900. The van der Waals surface area contributed by atoms with Crippen molar-refractivity contribution < 1.29 is 38.5 Å². The number of fused-ring (bicyclic) bond motifs is 5. The zero-order valence-electron chi connectivity index (χ0n) is 24.0. The molecule has 0 aromatic rings. The Hall–Kier alpha value is -2.48. The van der Waals surface area contributed by atoms with Gasteiger partial charge in [-0.2, -0.15) is 0 Å². The third-order valence-electron chi connectivity index (χ3n) is 10.2. The molecule has 0 aromatic carbocycles. The summed E-state index contributed by atoms with van der Waals surface area (Å²) in [7, 11) is 0. The fourth-order valence-electron chi connectivity index (χ4n) is 8.32. The van der Waals surface area contributed by atoms with E-state index in [9.17, 15) is 24.3 Å². The highest BCUT2D eigenvalue weighted by Crippen LogP contribution is 2.68. The molecule has 0 aromatic heterocycles. The number of rotatable bonds is 9. The van der Waals surface area contributed by atoms with Gasteiger partial charge in [-0.15, -0.1) is 0 Å². The Kier molecular flexibility index (Phi) is 8.46. The van der Waals surface area contributed by atoms with Crippen molar-refractivity contribution in [3.05, 3.63) is 23.8 Å². The number of Topliss-reactive ketones (excluding diaryl/α,β-unsaturated/α-hetero) is 1. The number of esters is 1. The van der Waals surface area contributed by atoms with Crippen molar-refractivity contribution in [3.8, 4) is 0 Å². The van der Waals surface area contributed by atoms with E-state index in [-0.39, 0.29) is 55.3 Å². The van der Waals surface area contributed by atoms with Crippen molar-refractivity contribution in [3.63, 3.8) is 0 Å². The SMILES string of the molecule is CCCC(C)COC(=O)O[C@]1(C(=O)COC(=O)CC)CC[C@H]2[C@@H]3CCC4=CC(=O)C=C[C@]4(C)[C@H]3C(O)C[C@@]21C. The first-order valence-corrected chi connectivity index (χ1v) is 14.6. The van der Waals surface area contributed by atoms with E-state index in [0.717, 1.165) is 31.3 Å². The maximum atomic E-state index is 13.9. The lowest BCUT2D eigenvalue weighted by atomic mass is 9.46. The highest BCUT2D eigenvalue weighted by atomic mass is 16.7. The van der Waals surface area contributed by atoms with Crippen LogP contribution < -0.4 is 0 Å². The van der Waals surface area contributed by atoms with Gasteiger partial charge in [-0.1, -0.05) is 52.7 Å². The molecule has 3 saturated carbocycles. The van der Waals surface area contributed by atoms with Gasteiger partial charge in [-0.3, -0.25) is 14.4 Å². The van der Waals surface area contributed by atoms with Crippen molar-refractivity contribution in [2.24, 2.45) is 34.5 Å². The number of aliphatic hydroxyl groups excluding tert-OH is 1. The van der Waals surface area contributed by atoms with Crippen LogP contribution in [0.3, 0.4) is 0 Å².